The minimum atomic E-state index is -2.15. The molecule has 0 aromatic heterocycles. The van der Waals surface area contributed by atoms with Gasteiger partial charge >= 0.3 is 357 Å². The SMILES string of the molecule is CCCC1(CCC)c2ccccc2-c2c1c1c(c3c2C(CCC)(CCC)c2c[c]([Ge]([c]4ccccc4)[c]4ccccc4)ccc2-3)C(CCC)(CCC)c2ccccc2-1. The van der Waals surface area contributed by atoms with Gasteiger partial charge in [0.15, 0.2) is 0 Å². The van der Waals surface area contributed by atoms with E-state index in [-0.39, 0.29) is 16.2 Å². The van der Waals surface area contributed by atoms with Crippen LogP contribution in [-0.4, -0.2) is 14.3 Å². The van der Waals surface area contributed by atoms with Gasteiger partial charge in [0.05, 0.1) is 0 Å². The normalized spacial score (nSPS) is 15.8. The van der Waals surface area contributed by atoms with E-state index in [1.807, 2.05) is 0 Å². The molecule has 0 spiro atoms. The Morgan fingerprint density at radius 3 is 1.03 bits per heavy atom. The monoisotopic (exact) mass is 821 g/mol. The van der Waals surface area contributed by atoms with Crippen LogP contribution in [0.15, 0.2) is 127 Å². The van der Waals surface area contributed by atoms with Gasteiger partial charge in [-0.1, -0.05) is 0 Å². The van der Waals surface area contributed by atoms with Crippen LogP contribution in [0.25, 0.3) is 33.4 Å². The molecule has 0 unspecified atom stereocenters. The summed E-state index contributed by atoms with van der Waals surface area (Å²) in [5.41, 5.74) is 19.4. The van der Waals surface area contributed by atoms with Crippen molar-refractivity contribution < 1.29 is 0 Å². The quantitative estimate of drug-likeness (QED) is 0.0906. The van der Waals surface area contributed by atoms with Crippen LogP contribution in [0.2, 0.25) is 0 Å². The van der Waals surface area contributed by atoms with E-state index in [0.717, 1.165) is 0 Å². The average Bonchev–Trinajstić information content (AvgIpc) is 3.79. The molecule has 0 nitrogen and oxygen atoms in total. The van der Waals surface area contributed by atoms with E-state index >= 15 is 0 Å². The van der Waals surface area contributed by atoms with Crippen molar-refractivity contribution in [3.8, 4) is 33.4 Å². The van der Waals surface area contributed by atoms with Crippen LogP contribution in [0, 0.1) is 0 Å². The summed E-state index contributed by atoms with van der Waals surface area (Å²) in [7, 11) is 0. The zero-order chi connectivity index (χ0) is 40.1. The second kappa shape index (κ2) is 15.8. The van der Waals surface area contributed by atoms with Gasteiger partial charge in [-0.25, -0.2) is 0 Å². The molecule has 6 aromatic rings. The van der Waals surface area contributed by atoms with Crippen LogP contribution in [0.5, 0.6) is 0 Å². The summed E-state index contributed by atoms with van der Waals surface area (Å²) >= 11 is -2.15. The van der Waals surface area contributed by atoms with Crippen molar-refractivity contribution in [2.45, 2.75) is 135 Å². The summed E-state index contributed by atoms with van der Waals surface area (Å²) in [5.74, 6) is 0. The van der Waals surface area contributed by atoms with Crippen LogP contribution in [0.3, 0.4) is 0 Å². The number of rotatable bonds is 15. The molecular formula is C57H63Ge. The Morgan fingerprint density at radius 1 is 0.328 bits per heavy atom. The summed E-state index contributed by atoms with van der Waals surface area (Å²) < 4.78 is 4.64. The Kier molecular flexibility index (Phi) is 10.7. The molecule has 0 saturated heterocycles. The molecule has 58 heavy (non-hydrogen) atoms. The molecule has 0 bridgehead atoms. The summed E-state index contributed by atoms with van der Waals surface area (Å²) in [5, 5.41) is 0. The van der Waals surface area contributed by atoms with E-state index in [0.29, 0.717) is 0 Å². The predicted octanol–water partition coefficient (Wildman–Crippen LogP) is 13.8. The molecule has 3 aliphatic rings. The van der Waals surface area contributed by atoms with Crippen molar-refractivity contribution >= 4 is 27.5 Å². The first kappa shape index (κ1) is 39.3. The predicted molar refractivity (Wildman–Crippen MR) is 252 cm³/mol. The van der Waals surface area contributed by atoms with Crippen LogP contribution in [-0.2, 0) is 16.2 Å². The fourth-order valence-electron chi connectivity index (χ4n) is 13.2. The third-order valence-corrected chi connectivity index (χ3v) is 20.3. The Hall–Kier alpha value is -4.14. The van der Waals surface area contributed by atoms with E-state index in [1.165, 1.54) is 97.0 Å². The molecular weight excluding hydrogens is 757 g/mol. The van der Waals surface area contributed by atoms with Gasteiger partial charge in [-0.3, -0.25) is 0 Å². The van der Waals surface area contributed by atoms with Gasteiger partial charge in [-0.05, 0) is 0 Å². The van der Waals surface area contributed by atoms with Gasteiger partial charge in [-0.2, -0.15) is 0 Å². The molecule has 0 N–H and O–H groups in total. The Morgan fingerprint density at radius 2 is 0.655 bits per heavy atom. The van der Waals surface area contributed by atoms with Crippen LogP contribution in [0.1, 0.15) is 152 Å². The van der Waals surface area contributed by atoms with Gasteiger partial charge in [0.1, 0.15) is 0 Å². The summed E-state index contributed by atoms with van der Waals surface area (Å²) in [6, 6.07) is 50.6. The maximum absolute atomic E-state index is 2.80. The first-order valence-corrected chi connectivity index (χ1v) is 26.2. The second-order valence-electron chi connectivity index (χ2n) is 18.0. The number of benzene rings is 6. The summed E-state index contributed by atoms with van der Waals surface area (Å²) in [4.78, 5) is 0. The first-order valence-electron chi connectivity index (χ1n) is 23.1. The van der Waals surface area contributed by atoms with Crippen molar-refractivity contribution in [1.82, 2.24) is 0 Å². The fourth-order valence-corrected chi connectivity index (χ4v) is 18.6. The van der Waals surface area contributed by atoms with E-state index in [4.69, 9.17) is 0 Å². The third kappa shape index (κ3) is 5.59. The molecule has 1 radical (unpaired) electrons. The molecule has 0 saturated carbocycles. The first-order chi connectivity index (χ1) is 28.5. The second-order valence-corrected chi connectivity index (χ2v) is 23.2. The molecule has 9 rings (SSSR count). The van der Waals surface area contributed by atoms with Crippen molar-refractivity contribution in [3.05, 3.63) is 161 Å². The van der Waals surface area contributed by atoms with E-state index in [1.54, 1.807) is 60.0 Å². The van der Waals surface area contributed by atoms with Crippen molar-refractivity contribution in [3.63, 3.8) is 0 Å². The minimum absolute atomic E-state index is 0.000273. The van der Waals surface area contributed by atoms with Gasteiger partial charge in [-0.15, -0.1) is 0 Å². The third-order valence-electron chi connectivity index (χ3n) is 14.6. The number of hydrogen-bond acceptors (Lipinski definition) is 0. The maximum atomic E-state index is 2.80. The van der Waals surface area contributed by atoms with Crippen molar-refractivity contribution in [1.29, 1.82) is 0 Å². The Labute approximate surface area is 354 Å². The summed E-state index contributed by atoms with van der Waals surface area (Å²) in [6.45, 7) is 14.7. The van der Waals surface area contributed by atoms with Crippen LogP contribution >= 0.6 is 0 Å². The van der Waals surface area contributed by atoms with Crippen molar-refractivity contribution in [2.75, 3.05) is 0 Å². The molecule has 0 heterocycles. The molecule has 0 fully saturated rings. The molecule has 0 atom stereocenters. The summed E-state index contributed by atoms with van der Waals surface area (Å²) in [6.07, 6.45) is 14.2. The molecule has 0 aliphatic heterocycles. The molecule has 295 valence electrons. The number of fused-ring (bicyclic) bond motifs is 12. The molecule has 0 amide bonds. The topological polar surface area (TPSA) is 0 Å². The van der Waals surface area contributed by atoms with E-state index in [9.17, 15) is 0 Å². The average molecular weight is 821 g/mol. The van der Waals surface area contributed by atoms with Crippen LogP contribution in [0.4, 0.5) is 0 Å². The van der Waals surface area contributed by atoms with E-state index < -0.39 is 14.3 Å². The Balaban J connectivity index is 1.48. The van der Waals surface area contributed by atoms with Gasteiger partial charge in [0.2, 0.25) is 0 Å². The zero-order valence-electron chi connectivity index (χ0n) is 36.1. The van der Waals surface area contributed by atoms with Crippen LogP contribution < -0.4 is 13.2 Å². The zero-order valence-corrected chi connectivity index (χ0v) is 38.2. The van der Waals surface area contributed by atoms with Gasteiger partial charge in [0, 0.05) is 0 Å². The standard InChI is InChI=1S/C57H63Ge/c1-7-33-55(34-8-2)47-30-22-20-28-44(47)50-52(55)49-43-27-19-21-29-46(43)56(35-9-3,36-10-4)53(49)51-45-32-31-42(39-48(45)57(37-11-5,38-12-6)54(50)51)58(40-23-15-13-16-24-40)41-25-17-14-18-26-41/h13-32,39H,7-12,33-38H2,1-6H3. The molecule has 6 aromatic carbocycles. The molecule has 3 aliphatic carbocycles. The Bertz CT molecular complexity index is 2370. The van der Waals surface area contributed by atoms with Crippen molar-refractivity contribution in [2.24, 2.45) is 0 Å². The van der Waals surface area contributed by atoms with E-state index in [2.05, 4.69) is 169 Å². The fraction of sp³-hybridized carbons (Fsp3) is 0.368. The molecule has 1 heteroatoms. The van der Waals surface area contributed by atoms with Gasteiger partial charge < -0.3 is 0 Å². The number of hydrogen-bond donors (Lipinski definition) is 0. The van der Waals surface area contributed by atoms with Gasteiger partial charge in [0.25, 0.3) is 0 Å².